The summed E-state index contributed by atoms with van der Waals surface area (Å²) in [4.78, 5) is 27.0. The fourth-order valence-electron chi connectivity index (χ4n) is 5.35. The van der Waals surface area contributed by atoms with E-state index in [9.17, 15) is 9.59 Å². The molecule has 7 heteroatoms. The summed E-state index contributed by atoms with van der Waals surface area (Å²) in [7, 11) is 4.85. The van der Waals surface area contributed by atoms with E-state index in [1.165, 1.54) is 11.6 Å². The fourth-order valence-corrected chi connectivity index (χ4v) is 5.35. The van der Waals surface area contributed by atoms with Gasteiger partial charge in [-0.3, -0.25) is 13.9 Å². The van der Waals surface area contributed by atoms with E-state index in [0.717, 1.165) is 33.6 Å². The maximum atomic E-state index is 13.8. The van der Waals surface area contributed by atoms with Gasteiger partial charge in [0, 0.05) is 19.7 Å². The largest absolute Gasteiger partial charge is 0.496 e. The summed E-state index contributed by atoms with van der Waals surface area (Å²) >= 11 is 0. The highest BCUT2D eigenvalue weighted by Crippen LogP contribution is 2.48. The van der Waals surface area contributed by atoms with Crippen LogP contribution in [0.4, 0.5) is 0 Å². The quantitative estimate of drug-likeness (QED) is 0.362. The van der Waals surface area contributed by atoms with E-state index in [0.29, 0.717) is 28.1 Å². The highest BCUT2D eigenvalue weighted by atomic mass is 16.5. The molecule has 0 unspecified atom stereocenters. The van der Waals surface area contributed by atoms with E-state index in [1.54, 1.807) is 18.7 Å². The van der Waals surface area contributed by atoms with Crippen molar-refractivity contribution in [3.63, 3.8) is 0 Å². The molecule has 3 aromatic carbocycles. The van der Waals surface area contributed by atoms with Gasteiger partial charge in [-0.25, -0.2) is 4.79 Å². The number of rotatable bonds is 3. The molecule has 0 saturated carbocycles. The van der Waals surface area contributed by atoms with Gasteiger partial charge in [-0.2, -0.15) is 0 Å². The molecule has 7 nitrogen and oxygen atoms in total. The Labute approximate surface area is 213 Å². The molecule has 186 valence electrons. The lowest BCUT2D eigenvalue weighted by Crippen LogP contribution is -2.37. The summed E-state index contributed by atoms with van der Waals surface area (Å²) in [5.41, 5.74) is 5.93. The van der Waals surface area contributed by atoms with E-state index in [1.807, 2.05) is 74.5 Å². The van der Waals surface area contributed by atoms with Gasteiger partial charge in [0.05, 0.1) is 35.1 Å². The first kappa shape index (κ1) is 22.9. The molecule has 0 N–H and O–H groups in total. The van der Waals surface area contributed by atoms with Crippen LogP contribution >= 0.6 is 0 Å². The van der Waals surface area contributed by atoms with Crippen LogP contribution in [-0.4, -0.2) is 20.8 Å². The van der Waals surface area contributed by atoms with Crippen molar-refractivity contribution in [2.75, 3.05) is 7.11 Å². The van der Waals surface area contributed by atoms with Gasteiger partial charge >= 0.3 is 5.69 Å². The van der Waals surface area contributed by atoms with E-state index < -0.39 is 11.8 Å². The second kappa shape index (κ2) is 8.27. The first-order valence-electron chi connectivity index (χ1n) is 12.1. The van der Waals surface area contributed by atoms with Crippen molar-refractivity contribution in [1.29, 1.82) is 0 Å². The molecule has 1 aliphatic rings. The molecule has 2 aromatic heterocycles. The van der Waals surface area contributed by atoms with Gasteiger partial charge in [0.15, 0.2) is 6.10 Å². The zero-order valence-corrected chi connectivity index (χ0v) is 21.4. The van der Waals surface area contributed by atoms with Crippen LogP contribution in [0.5, 0.6) is 11.5 Å². The van der Waals surface area contributed by atoms with E-state index in [-0.39, 0.29) is 5.56 Å². The molecule has 5 aromatic rings. The molecular weight excluding hydrogens is 466 g/mol. The molecule has 3 heterocycles. The molecule has 37 heavy (non-hydrogen) atoms. The van der Waals surface area contributed by atoms with Crippen molar-refractivity contribution in [3.05, 3.63) is 110 Å². The van der Waals surface area contributed by atoms with Gasteiger partial charge in [-0.05, 0) is 43.2 Å². The molecule has 0 fully saturated rings. The van der Waals surface area contributed by atoms with Crippen LogP contribution in [0.3, 0.4) is 0 Å². The third-order valence-corrected chi connectivity index (χ3v) is 7.20. The maximum Gasteiger partial charge on any atom is 0.331 e. The van der Waals surface area contributed by atoms with Gasteiger partial charge < -0.3 is 14.0 Å². The second-order valence-electron chi connectivity index (χ2n) is 9.58. The first-order valence-corrected chi connectivity index (χ1v) is 12.1. The van der Waals surface area contributed by atoms with Crippen LogP contribution in [0.25, 0.3) is 27.8 Å². The minimum Gasteiger partial charge on any atom is -0.496 e. The number of ether oxygens (including phenoxy) is 2. The summed E-state index contributed by atoms with van der Waals surface area (Å²) in [5, 5.41) is 0.473. The Morgan fingerprint density at radius 1 is 0.865 bits per heavy atom. The number of hydrogen-bond donors (Lipinski definition) is 0. The highest BCUT2D eigenvalue weighted by molar-refractivity contribution is 5.98. The minimum absolute atomic E-state index is 0.344. The number of aryl methyl sites for hydroxylation is 3. The van der Waals surface area contributed by atoms with Crippen LogP contribution in [0.15, 0.2) is 76.3 Å². The van der Waals surface area contributed by atoms with Gasteiger partial charge in [0.2, 0.25) is 0 Å². The Bertz CT molecular complexity index is 1820. The average Bonchev–Trinajstić information content (AvgIpc) is 3.27. The summed E-state index contributed by atoms with van der Waals surface area (Å²) in [5.74, 6) is 1.35. The van der Waals surface area contributed by atoms with Gasteiger partial charge in [-0.1, -0.05) is 54.1 Å². The van der Waals surface area contributed by atoms with Crippen molar-refractivity contribution < 1.29 is 9.47 Å². The number of benzene rings is 3. The fraction of sp³-hybridized carbons (Fsp3) is 0.200. The standard InChI is InChI=1S/C30H27N3O4/c1-17-10-13-19(14-11-17)25-24-26(31(3)30(35)32(4)29(24)34)27-28(20-8-6-7-9-22(20)36-5)37-23-15-12-18(2)16-21(23)33(25)27/h6-16,28H,1-5H3/t28-/m0/s1. The first-order chi connectivity index (χ1) is 17.8. The molecule has 6 rings (SSSR count). The average molecular weight is 494 g/mol. The van der Waals surface area contributed by atoms with Gasteiger partial charge in [-0.15, -0.1) is 0 Å². The Hall–Kier alpha value is -4.52. The molecule has 1 aliphatic heterocycles. The molecule has 0 bridgehead atoms. The number of para-hydroxylation sites is 1. The zero-order valence-electron chi connectivity index (χ0n) is 21.4. The summed E-state index contributed by atoms with van der Waals surface area (Å²) in [6, 6.07) is 21.8. The topological polar surface area (TPSA) is 67.4 Å². The number of nitrogens with zero attached hydrogens (tertiary/aromatic N) is 3. The number of methoxy groups -OCH3 is 1. The predicted octanol–water partition coefficient (Wildman–Crippen LogP) is 4.80. The lowest BCUT2D eigenvalue weighted by atomic mass is 10.0. The van der Waals surface area contributed by atoms with Crippen molar-refractivity contribution in [2.24, 2.45) is 14.1 Å². The van der Waals surface area contributed by atoms with Gasteiger partial charge in [0.25, 0.3) is 5.56 Å². The normalized spacial score (nSPS) is 14.2. The molecule has 0 saturated heterocycles. The third-order valence-electron chi connectivity index (χ3n) is 7.20. The summed E-state index contributed by atoms with van der Waals surface area (Å²) in [6.07, 6.45) is -0.620. The lowest BCUT2D eigenvalue weighted by Gasteiger charge is -2.31. The molecular formula is C30H27N3O4. The summed E-state index contributed by atoms with van der Waals surface area (Å²) in [6.45, 7) is 4.05. The SMILES string of the molecule is COc1ccccc1[C@@H]1Oc2ccc(C)cc2-n2c(-c3ccc(C)cc3)c3c(=O)n(C)c(=O)n(C)c3c21. The smallest absolute Gasteiger partial charge is 0.331 e. The predicted molar refractivity (Wildman–Crippen MR) is 144 cm³/mol. The zero-order chi connectivity index (χ0) is 26.0. The molecule has 1 atom stereocenters. The Kier molecular flexibility index (Phi) is 5.12. The van der Waals surface area contributed by atoms with Crippen molar-refractivity contribution in [2.45, 2.75) is 20.0 Å². The Morgan fingerprint density at radius 3 is 2.30 bits per heavy atom. The molecule has 0 amide bonds. The monoisotopic (exact) mass is 493 g/mol. The number of hydrogen-bond acceptors (Lipinski definition) is 4. The van der Waals surface area contributed by atoms with E-state index in [2.05, 4.69) is 10.6 Å². The van der Waals surface area contributed by atoms with Gasteiger partial charge in [0.1, 0.15) is 11.5 Å². The second-order valence-corrected chi connectivity index (χ2v) is 9.58. The Morgan fingerprint density at radius 2 is 1.57 bits per heavy atom. The van der Waals surface area contributed by atoms with Crippen LogP contribution in [0, 0.1) is 13.8 Å². The molecule has 0 aliphatic carbocycles. The van der Waals surface area contributed by atoms with Crippen LogP contribution in [0.1, 0.15) is 28.5 Å². The van der Waals surface area contributed by atoms with Crippen LogP contribution in [0.2, 0.25) is 0 Å². The minimum atomic E-state index is -0.620. The maximum absolute atomic E-state index is 13.8. The third kappa shape index (κ3) is 3.27. The van der Waals surface area contributed by atoms with E-state index in [4.69, 9.17) is 9.47 Å². The Balaban J connectivity index is 1.87. The molecule has 0 spiro atoms. The van der Waals surface area contributed by atoms with Crippen molar-refractivity contribution in [1.82, 2.24) is 13.7 Å². The van der Waals surface area contributed by atoms with Crippen molar-refractivity contribution in [3.8, 4) is 28.4 Å². The molecule has 0 radical (unpaired) electrons. The number of fused-ring (bicyclic) bond motifs is 5. The van der Waals surface area contributed by atoms with Crippen LogP contribution in [-0.2, 0) is 14.1 Å². The van der Waals surface area contributed by atoms with E-state index >= 15 is 0 Å². The summed E-state index contributed by atoms with van der Waals surface area (Å²) < 4.78 is 17.2. The lowest BCUT2D eigenvalue weighted by molar-refractivity contribution is 0.223. The van der Waals surface area contributed by atoms with Crippen molar-refractivity contribution >= 4 is 10.9 Å². The highest BCUT2D eigenvalue weighted by Gasteiger charge is 2.37. The number of aromatic nitrogens is 3. The van der Waals surface area contributed by atoms with Crippen LogP contribution < -0.4 is 20.7 Å².